The minimum atomic E-state index is -0.102. The molecule has 0 spiro atoms. The molecular formula is C10H16N2O2S. The van der Waals surface area contributed by atoms with Gasteiger partial charge in [-0.05, 0) is 19.6 Å². The summed E-state index contributed by atoms with van der Waals surface area (Å²) in [6.07, 6.45) is 0. The van der Waals surface area contributed by atoms with Crippen LogP contribution in [0.15, 0.2) is 20.6 Å². The molecule has 0 aliphatic rings. The third-order valence-electron chi connectivity index (χ3n) is 2.14. The Kier molecular flexibility index (Phi) is 4.20. The Morgan fingerprint density at radius 1 is 1.13 bits per heavy atom. The fraction of sp³-hybridized carbons (Fsp3) is 0.600. The van der Waals surface area contributed by atoms with Gasteiger partial charge in [-0.3, -0.25) is 9.59 Å². The minimum Gasteiger partial charge on any atom is -0.268 e. The van der Waals surface area contributed by atoms with Crippen molar-refractivity contribution < 1.29 is 0 Å². The predicted molar refractivity (Wildman–Crippen MR) is 62.7 cm³/mol. The fourth-order valence-corrected chi connectivity index (χ4v) is 2.23. The van der Waals surface area contributed by atoms with E-state index in [9.17, 15) is 9.59 Å². The number of hydrogen-bond acceptors (Lipinski definition) is 3. The molecule has 1 aromatic heterocycles. The van der Waals surface area contributed by atoms with Crippen LogP contribution >= 0.6 is 11.8 Å². The van der Waals surface area contributed by atoms with E-state index in [4.69, 9.17) is 0 Å². The first-order chi connectivity index (χ1) is 7.15. The lowest BCUT2D eigenvalue weighted by Gasteiger charge is -2.12. The highest BCUT2D eigenvalue weighted by Crippen LogP contribution is 2.09. The van der Waals surface area contributed by atoms with Gasteiger partial charge in [0.15, 0.2) is 0 Å². The SMILES string of the molecule is CCSc1cc(=O)n(CC)n(CC)c1=O. The van der Waals surface area contributed by atoms with Crippen LogP contribution < -0.4 is 11.1 Å². The van der Waals surface area contributed by atoms with Crippen LogP contribution in [0.5, 0.6) is 0 Å². The Labute approximate surface area is 92.9 Å². The number of hydrogen-bond donors (Lipinski definition) is 0. The Morgan fingerprint density at radius 3 is 2.20 bits per heavy atom. The fourth-order valence-electron chi connectivity index (χ4n) is 1.50. The minimum absolute atomic E-state index is 0.0641. The van der Waals surface area contributed by atoms with E-state index >= 15 is 0 Å². The number of thioether (sulfide) groups is 1. The van der Waals surface area contributed by atoms with Gasteiger partial charge in [0.1, 0.15) is 0 Å². The first kappa shape index (κ1) is 12.1. The van der Waals surface area contributed by atoms with Crippen molar-refractivity contribution in [2.45, 2.75) is 38.8 Å². The second-order valence-electron chi connectivity index (χ2n) is 3.02. The van der Waals surface area contributed by atoms with Gasteiger partial charge in [0.25, 0.3) is 11.1 Å². The summed E-state index contributed by atoms with van der Waals surface area (Å²) in [6.45, 7) is 6.75. The van der Waals surface area contributed by atoms with E-state index in [1.807, 2.05) is 20.8 Å². The van der Waals surface area contributed by atoms with Crippen molar-refractivity contribution in [3.63, 3.8) is 0 Å². The molecule has 1 heterocycles. The maximum absolute atomic E-state index is 11.9. The van der Waals surface area contributed by atoms with Crippen LogP contribution in [0, 0.1) is 0 Å². The zero-order valence-corrected chi connectivity index (χ0v) is 10.1. The van der Waals surface area contributed by atoms with Crippen LogP contribution in [0.4, 0.5) is 0 Å². The lowest BCUT2D eigenvalue weighted by Crippen LogP contribution is -2.38. The van der Waals surface area contributed by atoms with Crippen LogP contribution in [0.2, 0.25) is 0 Å². The van der Waals surface area contributed by atoms with Gasteiger partial charge in [0.05, 0.1) is 4.90 Å². The molecule has 15 heavy (non-hydrogen) atoms. The Balaban J connectivity index is 3.45. The highest BCUT2D eigenvalue weighted by molar-refractivity contribution is 7.99. The largest absolute Gasteiger partial charge is 0.279 e. The molecule has 0 radical (unpaired) electrons. The molecule has 5 heteroatoms. The van der Waals surface area contributed by atoms with Gasteiger partial charge in [-0.15, -0.1) is 11.8 Å². The molecule has 1 rings (SSSR count). The summed E-state index contributed by atoms with van der Waals surface area (Å²) < 4.78 is 2.97. The molecule has 0 saturated heterocycles. The maximum Gasteiger partial charge on any atom is 0.279 e. The summed E-state index contributed by atoms with van der Waals surface area (Å²) in [7, 11) is 0. The number of nitrogens with zero attached hydrogens (tertiary/aromatic N) is 2. The van der Waals surface area contributed by atoms with Gasteiger partial charge in [-0.1, -0.05) is 6.92 Å². The van der Waals surface area contributed by atoms with Crippen molar-refractivity contribution in [2.75, 3.05) is 5.75 Å². The van der Waals surface area contributed by atoms with Gasteiger partial charge >= 0.3 is 0 Å². The van der Waals surface area contributed by atoms with E-state index in [1.54, 1.807) is 0 Å². The second-order valence-corrected chi connectivity index (χ2v) is 4.32. The van der Waals surface area contributed by atoms with E-state index in [0.29, 0.717) is 18.0 Å². The molecule has 0 bridgehead atoms. The molecule has 0 aromatic carbocycles. The van der Waals surface area contributed by atoms with Gasteiger partial charge in [-0.25, -0.2) is 9.36 Å². The van der Waals surface area contributed by atoms with Gasteiger partial charge < -0.3 is 0 Å². The Morgan fingerprint density at radius 2 is 1.73 bits per heavy atom. The molecule has 0 N–H and O–H groups in total. The van der Waals surface area contributed by atoms with E-state index < -0.39 is 0 Å². The highest BCUT2D eigenvalue weighted by Gasteiger charge is 2.08. The average molecular weight is 228 g/mol. The third kappa shape index (κ3) is 2.34. The molecule has 0 saturated carbocycles. The molecule has 0 amide bonds. The smallest absolute Gasteiger partial charge is 0.268 e. The van der Waals surface area contributed by atoms with Crippen molar-refractivity contribution in [1.82, 2.24) is 9.36 Å². The standard InChI is InChI=1S/C10H16N2O2S/c1-4-11-9(13)7-8(15-6-3)10(14)12(11)5-2/h7H,4-6H2,1-3H3. The molecule has 0 aliphatic carbocycles. The summed E-state index contributed by atoms with van der Waals surface area (Å²) in [6, 6.07) is 1.44. The third-order valence-corrected chi connectivity index (χ3v) is 3.04. The zero-order valence-electron chi connectivity index (χ0n) is 9.32. The molecular weight excluding hydrogens is 212 g/mol. The maximum atomic E-state index is 11.9. The quantitative estimate of drug-likeness (QED) is 0.726. The predicted octanol–water partition coefficient (Wildman–Crippen LogP) is 1.16. The summed E-state index contributed by atoms with van der Waals surface area (Å²) in [4.78, 5) is 24.1. The van der Waals surface area contributed by atoms with E-state index in [2.05, 4.69) is 0 Å². The second kappa shape index (κ2) is 5.21. The van der Waals surface area contributed by atoms with Crippen molar-refractivity contribution in [1.29, 1.82) is 0 Å². The van der Waals surface area contributed by atoms with Gasteiger partial charge in [-0.2, -0.15) is 0 Å². The van der Waals surface area contributed by atoms with Crippen LogP contribution in [-0.2, 0) is 13.1 Å². The number of aromatic nitrogens is 2. The van der Waals surface area contributed by atoms with Crippen LogP contribution in [0.1, 0.15) is 20.8 Å². The van der Waals surface area contributed by atoms with Crippen LogP contribution in [-0.4, -0.2) is 15.1 Å². The van der Waals surface area contributed by atoms with Gasteiger partial charge in [0.2, 0.25) is 0 Å². The Hall–Kier alpha value is -0.970. The summed E-state index contributed by atoms with van der Waals surface area (Å²) >= 11 is 1.42. The van der Waals surface area contributed by atoms with E-state index in [1.165, 1.54) is 27.2 Å². The Bertz CT molecular complexity index is 448. The van der Waals surface area contributed by atoms with E-state index in [0.717, 1.165) is 5.75 Å². The molecule has 0 unspecified atom stereocenters. The zero-order chi connectivity index (χ0) is 11.4. The van der Waals surface area contributed by atoms with Crippen LogP contribution in [0.25, 0.3) is 0 Å². The molecule has 4 nitrogen and oxygen atoms in total. The topological polar surface area (TPSA) is 44.0 Å². The van der Waals surface area contributed by atoms with Gasteiger partial charge in [0, 0.05) is 19.2 Å². The van der Waals surface area contributed by atoms with E-state index in [-0.39, 0.29) is 11.1 Å². The van der Waals surface area contributed by atoms with Crippen molar-refractivity contribution in [2.24, 2.45) is 0 Å². The highest BCUT2D eigenvalue weighted by atomic mass is 32.2. The van der Waals surface area contributed by atoms with Crippen molar-refractivity contribution in [3.05, 3.63) is 26.8 Å². The molecule has 1 aromatic rings. The molecule has 84 valence electrons. The normalized spacial score (nSPS) is 10.6. The van der Waals surface area contributed by atoms with Crippen molar-refractivity contribution in [3.8, 4) is 0 Å². The average Bonchev–Trinajstić information content (AvgIpc) is 2.22. The summed E-state index contributed by atoms with van der Waals surface area (Å²) in [5.41, 5.74) is -0.166. The van der Waals surface area contributed by atoms with Crippen molar-refractivity contribution >= 4 is 11.8 Å². The lowest BCUT2D eigenvalue weighted by atomic mass is 10.5. The lowest BCUT2D eigenvalue weighted by molar-refractivity contribution is 0.434. The monoisotopic (exact) mass is 228 g/mol. The summed E-state index contributed by atoms with van der Waals surface area (Å²) in [5.74, 6) is 0.800. The first-order valence-corrected chi connectivity index (χ1v) is 6.11. The first-order valence-electron chi connectivity index (χ1n) is 5.13. The summed E-state index contributed by atoms with van der Waals surface area (Å²) in [5, 5.41) is 0. The molecule has 0 fully saturated rings. The molecule has 0 aliphatic heterocycles. The van der Waals surface area contributed by atoms with Crippen LogP contribution in [0.3, 0.4) is 0 Å². The number of rotatable bonds is 4. The molecule has 0 atom stereocenters.